The summed E-state index contributed by atoms with van der Waals surface area (Å²) in [6.45, 7) is 1.99. The number of benzene rings is 2. The van der Waals surface area contributed by atoms with Crippen molar-refractivity contribution in [2.75, 3.05) is 24.7 Å². The smallest absolute Gasteiger partial charge is 0.139 e. The molecule has 0 spiro atoms. The highest BCUT2D eigenvalue weighted by molar-refractivity contribution is 6.06. The van der Waals surface area contributed by atoms with Crippen LogP contribution in [0.5, 0.6) is 0 Å². The second-order valence-electron chi connectivity index (χ2n) is 5.86. The van der Waals surface area contributed by atoms with Crippen molar-refractivity contribution >= 4 is 39.4 Å². The zero-order valence-electron chi connectivity index (χ0n) is 13.3. The number of nitrogens with two attached hydrogens (primary N) is 1. The zero-order chi connectivity index (χ0) is 16.1. The first kappa shape index (κ1) is 13.7. The lowest BCUT2D eigenvalue weighted by molar-refractivity contribution is 0.657. The van der Waals surface area contributed by atoms with Crippen LogP contribution in [0, 0.1) is 0 Å². The van der Waals surface area contributed by atoms with E-state index in [4.69, 9.17) is 10.2 Å². The lowest BCUT2D eigenvalue weighted by atomic mass is 10.00. The summed E-state index contributed by atoms with van der Waals surface area (Å²) in [6.07, 6.45) is 2.01. The summed E-state index contributed by atoms with van der Waals surface area (Å²) in [5.74, 6) is 0. The van der Waals surface area contributed by atoms with Crippen molar-refractivity contribution in [3.63, 3.8) is 0 Å². The Balaban J connectivity index is 2.23. The van der Waals surface area contributed by atoms with Crippen LogP contribution in [0.1, 0.15) is 6.92 Å². The van der Waals surface area contributed by atoms with Crippen LogP contribution >= 0.6 is 0 Å². The molecule has 116 valence electrons. The fourth-order valence-electron chi connectivity index (χ4n) is 3.09. The van der Waals surface area contributed by atoms with Crippen molar-refractivity contribution in [3.8, 4) is 11.3 Å². The molecular weight excluding hydrogens is 288 g/mol. The summed E-state index contributed by atoms with van der Waals surface area (Å²) in [6, 6.07) is 9.94. The van der Waals surface area contributed by atoms with E-state index in [1.165, 1.54) is 0 Å². The van der Waals surface area contributed by atoms with Crippen molar-refractivity contribution in [2.24, 2.45) is 0 Å². The summed E-state index contributed by atoms with van der Waals surface area (Å²) in [4.78, 5) is 1.98. The highest BCUT2D eigenvalue weighted by Gasteiger charge is 2.19. The number of aromatic amines is 1. The molecule has 2 aliphatic rings. The normalized spacial score (nSPS) is 12.6. The Labute approximate surface area is 133 Å². The van der Waals surface area contributed by atoms with Crippen molar-refractivity contribution in [1.29, 1.82) is 0 Å². The van der Waals surface area contributed by atoms with E-state index in [0.717, 1.165) is 44.2 Å². The molecule has 0 saturated carbocycles. The predicted octanol–water partition coefficient (Wildman–Crippen LogP) is 3.14. The minimum Gasteiger partial charge on any atom is -0.456 e. The van der Waals surface area contributed by atoms with Crippen molar-refractivity contribution < 1.29 is 4.42 Å². The summed E-state index contributed by atoms with van der Waals surface area (Å²) >= 11 is 0. The number of nitrogens with zero attached hydrogens (tertiary/aromatic N) is 2. The molecule has 23 heavy (non-hydrogen) atoms. The molecule has 5 nitrogen and oxygen atoms in total. The molecule has 0 atom stereocenters. The van der Waals surface area contributed by atoms with Gasteiger partial charge in [0.05, 0.1) is 22.3 Å². The molecule has 0 aliphatic carbocycles. The molecule has 3 N–H and O–H groups in total. The quantitative estimate of drug-likeness (QED) is 0.322. The number of aromatic nitrogens is 2. The van der Waals surface area contributed by atoms with E-state index in [9.17, 15) is 0 Å². The Kier molecular flexibility index (Phi) is 2.84. The summed E-state index contributed by atoms with van der Waals surface area (Å²) in [5, 5.41) is 10.7. The van der Waals surface area contributed by atoms with Crippen molar-refractivity contribution in [3.05, 3.63) is 35.7 Å². The highest BCUT2D eigenvalue weighted by Crippen LogP contribution is 2.38. The Morgan fingerprint density at radius 2 is 2.00 bits per heavy atom. The number of hydrogen-bond acceptors (Lipinski definition) is 4. The van der Waals surface area contributed by atoms with Crippen molar-refractivity contribution in [2.45, 2.75) is 6.92 Å². The first-order chi connectivity index (χ1) is 11.1. The van der Waals surface area contributed by atoms with Crippen LogP contribution in [0.2, 0.25) is 0 Å². The number of H-pyrrole nitrogens is 1. The van der Waals surface area contributed by atoms with E-state index >= 15 is 0 Å². The molecule has 2 aromatic rings. The van der Waals surface area contributed by atoms with Crippen LogP contribution < -0.4 is 16.0 Å². The molecule has 2 heterocycles. The third-order valence-corrected chi connectivity index (χ3v) is 4.22. The lowest BCUT2D eigenvalue weighted by Crippen LogP contribution is -2.13. The first-order valence-corrected chi connectivity index (χ1v) is 7.53. The van der Waals surface area contributed by atoms with Gasteiger partial charge in [0.2, 0.25) is 0 Å². The maximum Gasteiger partial charge on any atom is 0.139 e. The monoisotopic (exact) mass is 306 g/mol. The van der Waals surface area contributed by atoms with Gasteiger partial charge in [-0.15, -0.1) is 0 Å². The third-order valence-electron chi connectivity index (χ3n) is 4.22. The van der Waals surface area contributed by atoms with Crippen LogP contribution in [0.25, 0.3) is 39.3 Å². The average Bonchev–Trinajstić information content (AvgIpc) is 2.55. The Hall–Kier alpha value is -2.95. The van der Waals surface area contributed by atoms with Gasteiger partial charge in [-0.2, -0.15) is 5.10 Å². The van der Waals surface area contributed by atoms with Gasteiger partial charge in [-0.25, -0.2) is 0 Å². The van der Waals surface area contributed by atoms with Crippen LogP contribution in [-0.2, 0) is 0 Å². The zero-order valence-corrected chi connectivity index (χ0v) is 13.3. The topological polar surface area (TPSA) is 71.1 Å². The number of hydrogen-bond donors (Lipinski definition) is 2. The number of rotatable bonds is 1. The molecule has 0 unspecified atom stereocenters. The number of fused-ring (bicyclic) bond motifs is 2. The largest absolute Gasteiger partial charge is 0.456 e. The molecule has 5 heteroatoms. The minimum atomic E-state index is 0.706. The number of anilines is 2. The fourth-order valence-corrected chi connectivity index (χ4v) is 3.09. The third kappa shape index (κ3) is 1.90. The second-order valence-corrected chi connectivity index (χ2v) is 5.86. The van der Waals surface area contributed by atoms with Gasteiger partial charge >= 0.3 is 0 Å². The van der Waals surface area contributed by atoms with Crippen molar-refractivity contribution in [1.82, 2.24) is 10.2 Å². The summed E-state index contributed by atoms with van der Waals surface area (Å²) in [5.41, 5.74) is 11.3. The van der Waals surface area contributed by atoms with Gasteiger partial charge in [0.15, 0.2) is 0 Å². The average molecular weight is 306 g/mol. The fraction of sp³-hybridized carbons (Fsp3) is 0.167. The molecule has 0 bridgehead atoms. The molecule has 0 aromatic heterocycles. The standard InChI is InChI=1S/C18H18N4O/c1-4-13-10-6-5-7-15-17(10)18(21-20-13)11-8-12(19)14(22(2)3)9-16(11)23-15/h4-9,20H,19H2,1-3H3/b13-4-. The Morgan fingerprint density at radius 1 is 1.17 bits per heavy atom. The lowest BCUT2D eigenvalue weighted by Gasteiger charge is -2.18. The van der Waals surface area contributed by atoms with Gasteiger partial charge in [-0.3, -0.25) is 5.10 Å². The minimum absolute atomic E-state index is 0.706. The second kappa shape index (κ2) is 4.78. The van der Waals surface area contributed by atoms with Gasteiger partial charge in [-0.05, 0) is 19.1 Å². The Morgan fingerprint density at radius 3 is 2.74 bits per heavy atom. The maximum atomic E-state index is 6.21. The van der Waals surface area contributed by atoms with E-state index in [-0.39, 0.29) is 0 Å². The van der Waals surface area contributed by atoms with Crippen LogP contribution in [-0.4, -0.2) is 24.3 Å². The Bertz CT molecular complexity index is 1070. The molecule has 0 radical (unpaired) electrons. The molecule has 2 aliphatic heterocycles. The molecule has 0 fully saturated rings. The van der Waals surface area contributed by atoms with E-state index in [2.05, 4.69) is 16.3 Å². The van der Waals surface area contributed by atoms with Gasteiger partial charge in [0.25, 0.3) is 0 Å². The van der Waals surface area contributed by atoms with E-state index < -0.39 is 0 Å². The molecule has 0 saturated heterocycles. The predicted molar refractivity (Wildman–Crippen MR) is 95.4 cm³/mol. The van der Waals surface area contributed by atoms with E-state index in [1.807, 2.05) is 56.3 Å². The SMILES string of the molecule is C/C=c1\[nH]nc2c3cc(N)c(N(C)C)cc3oc3cccc1c3-2. The summed E-state index contributed by atoms with van der Waals surface area (Å²) in [7, 11) is 3.93. The van der Waals surface area contributed by atoms with E-state index in [1.54, 1.807) is 0 Å². The molecule has 4 rings (SSSR count). The summed E-state index contributed by atoms with van der Waals surface area (Å²) < 4.78 is 6.14. The molecule has 2 aromatic carbocycles. The molecular formula is C18H18N4O. The van der Waals surface area contributed by atoms with E-state index in [0.29, 0.717) is 5.69 Å². The number of nitrogen functional groups attached to an aromatic ring is 1. The maximum absolute atomic E-state index is 6.21. The molecule has 0 amide bonds. The van der Waals surface area contributed by atoms with Gasteiger partial charge in [-0.1, -0.05) is 18.2 Å². The van der Waals surface area contributed by atoms with Gasteiger partial charge in [0.1, 0.15) is 16.9 Å². The first-order valence-electron chi connectivity index (χ1n) is 7.53. The highest BCUT2D eigenvalue weighted by atomic mass is 16.3. The van der Waals surface area contributed by atoms with Crippen LogP contribution in [0.15, 0.2) is 34.7 Å². The van der Waals surface area contributed by atoms with Gasteiger partial charge < -0.3 is 15.1 Å². The van der Waals surface area contributed by atoms with Crippen LogP contribution in [0.3, 0.4) is 0 Å². The van der Waals surface area contributed by atoms with Crippen LogP contribution in [0.4, 0.5) is 11.4 Å². The van der Waals surface area contributed by atoms with Gasteiger partial charge in [0, 0.05) is 30.9 Å². The number of nitrogens with one attached hydrogen (secondary N) is 1.